The summed E-state index contributed by atoms with van der Waals surface area (Å²) in [5, 5.41) is 4.57. The Bertz CT molecular complexity index is 768. The van der Waals surface area contributed by atoms with Crippen LogP contribution >= 0.6 is 11.6 Å². The zero-order valence-electron chi connectivity index (χ0n) is 11.5. The standard InChI is InChI=1S/C17H14ClFN2/c1-20-17(16-13(18)5-2-6-14(16)19)12-7-8-15-11(10-12)4-3-9-21-15/h2-10,17,20H,1H3. The maximum atomic E-state index is 14.2. The Morgan fingerprint density at radius 1 is 1.14 bits per heavy atom. The second-order valence-corrected chi connectivity index (χ2v) is 5.22. The van der Waals surface area contributed by atoms with E-state index in [9.17, 15) is 4.39 Å². The van der Waals surface area contributed by atoms with E-state index in [1.807, 2.05) is 30.3 Å². The minimum absolute atomic E-state index is 0.302. The van der Waals surface area contributed by atoms with E-state index >= 15 is 0 Å². The molecule has 3 aromatic rings. The number of nitrogens with zero attached hydrogens (tertiary/aromatic N) is 1. The monoisotopic (exact) mass is 300 g/mol. The zero-order valence-corrected chi connectivity index (χ0v) is 12.2. The average Bonchev–Trinajstić information content (AvgIpc) is 2.50. The molecule has 0 saturated heterocycles. The molecule has 0 bridgehead atoms. The summed E-state index contributed by atoms with van der Waals surface area (Å²) in [5.74, 6) is -0.312. The molecule has 0 amide bonds. The third kappa shape index (κ3) is 2.62. The van der Waals surface area contributed by atoms with E-state index in [1.165, 1.54) is 6.07 Å². The lowest BCUT2D eigenvalue weighted by atomic mass is 9.97. The van der Waals surface area contributed by atoms with Crippen molar-refractivity contribution in [3.05, 3.63) is 76.7 Å². The van der Waals surface area contributed by atoms with Gasteiger partial charge >= 0.3 is 0 Å². The number of nitrogens with one attached hydrogen (secondary N) is 1. The largest absolute Gasteiger partial charge is 0.309 e. The molecular weight excluding hydrogens is 287 g/mol. The van der Waals surface area contributed by atoms with E-state index in [0.29, 0.717) is 10.6 Å². The fourth-order valence-corrected chi connectivity index (χ4v) is 2.81. The van der Waals surface area contributed by atoms with E-state index in [-0.39, 0.29) is 11.9 Å². The van der Waals surface area contributed by atoms with Gasteiger partial charge in [-0.25, -0.2) is 4.39 Å². The Morgan fingerprint density at radius 2 is 2.00 bits per heavy atom. The smallest absolute Gasteiger partial charge is 0.129 e. The van der Waals surface area contributed by atoms with Crippen LogP contribution in [0.4, 0.5) is 4.39 Å². The normalized spacial score (nSPS) is 12.5. The minimum atomic E-state index is -0.312. The molecule has 1 atom stereocenters. The number of halogens is 2. The molecule has 2 nitrogen and oxygen atoms in total. The van der Waals surface area contributed by atoms with Crippen molar-refractivity contribution in [2.24, 2.45) is 0 Å². The predicted molar refractivity (Wildman–Crippen MR) is 84.1 cm³/mol. The summed E-state index contributed by atoms with van der Waals surface area (Å²) < 4.78 is 14.2. The number of hydrogen-bond donors (Lipinski definition) is 1. The van der Waals surface area contributed by atoms with E-state index in [4.69, 9.17) is 11.6 Å². The molecule has 0 aliphatic carbocycles. The van der Waals surface area contributed by atoms with Gasteiger partial charge < -0.3 is 5.32 Å². The highest BCUT2D eigenvalue weighted by Gasteiger charge is 2.19. The number of aromatic nitrogens is 1. The molecule has 3 rings (SSSR count). The second-order valence-electron chi connectivity index (χ2n) is 4.81. The summed E-state index contributed by atoms with van der Waals surface area (Å²) in [7, 11) is 1.79. The predicted octanol–water partition coefficient (Wildman–Crippen LogP) is 4.34. The molecule has 1 aromatic heterocycles. The van der Waals surface area contributed by atoms with Crippen LogP contribution in [0.5, 0.6) is 0 Å². The zero-order chi connectivity index (χ0) is 14.8. The molecule has 0 aliphatic rings. The quantitative estimate of drug-likeness (QED) is 0.778. The van der Waals surface area contributed by atoms with Crippen molar-refractivity contribution >= 4 is 22.5 Å². The molecule has 1 heterocycles. The fraction of sp³-hybridized carbons (Fsp3) is 0.118. The van der Waals surface area contributed by atoms with Gasteiger partial charge in [-0.05, 0) is 42.9 Å². The molecule has 0 aliphatic heterocycles. The number of rotatable bonds is 3. The Labute approximate surface area is 127 Å². The summed E-state index contributed by atoms with van der Waals surface area (Å²) in [6.07, 6.45) is 1.76. The molecule has 1 N–H and O–H groups in total. The van der Waals surface area contributed by atoms with Gasteiger partial charge in [0, 0.05) is 22.2 Å². The SMILES string of the molecule is CNC(c1ccc2ncccc2c1)c1c(F)cccc1Cl. The Balaban J connectivity index is 2.14. The maximum Gasteiger partial charge on any atom is 0.129 e. The van der Waals surface area contributed by atoms with Crippen molar-refractivity contribution in [3.63, 3.8) is 0 Å². The summed E-state index contributed by atoms with van der Waals surface area (Å²) in [6, 6.07) is 14.2. The van der Waals surface area contributed by atoms with Crippen molar-refractivity contribution in [3.8, 4) is 0 Å². The highest BCUT2D eigenvalue weighted by atomic mass is 35.5. The van der Waals surface area contributed by atoms with Gasteiger partial charge in [-0.1, -0.05) is 29.8 Å². The average molecular weight is 301 g/mol. The van der Waals surface area contributed by atoms with Crippen LogP contribution in [0.25, 0.3) is 10.9 Å². The maximum absolute atomic E-state index is 14.2. The third-order valence-corrected chi connectivity index (χ3v) is 3.87. The molecule has 21 heavy (non-hydrogen) atoms. The topological polar surface area (TPSA) is 24.9 Å². The van der Waals surface area contributed by atoms with Gasteiger partial charge in [0.05, 0.1) is 11.6 Å². The molecule has 0 spiro atoms. The Hall–Kier alpha value is -1.97. The first-order valence-electron chi connectivity index (χ1n) is 6.66. The summed E-state index contributed by atoms with van der Waals surface area (Å²) in [6.45, 7) is 0. The summed E-state index contributed by atoms with van der Waals surface area (Å²) in [4.78, 5) is 4.29. The molecule has 4 heteroatoms. The van der Waals surface area contributed by atoms with Gasteiger partial charge in [0.2, 0.25) is 0 Å². The van der Waals surface area contributed by atoms with Crippen LogP contribution in [0.3, 0.4) is 0 Å². The lowest BCUT2D eigenvalue weighted by Gasteiger charge is -2.19. The molecular formula is C17H14ClFN2. The van der Waals surface area contributed by atoms with E-state index < -0.39 is 0 Å². The van der Waals surface area contributed by atoms with Crippen molar-refractivity contribution < 1.29 is 4.39 Å². The van der Waals surface area contributed by atoms with Crippen LogP contribution < -0.4 is 5.32 Å². The first-order valence-corrected chi connectivity index (χ1v) is 7.04. The summed E-state index contributed by atoms with van der Waals surface area (Å²) >= 11 is 6.18. The van der Waals surface area contributed by atoms with Crippen molar-refractivity contribution in [1.29, 1.82) is 0 Å². The highest BCUT2D eigenvalue weighted by molar-refractivity contribution is 6.31. The van der Waals surface area contributed by atoms with Crippen molar-refractivity contribution in [2.45, 2.75) is 6.04 Å². The van der Waals surface area contributed by atoms with Crippen molar-refractivity contribution in [2.75, 3.05) is 7.05 Å². The lowest BCUT2D eigenvalue weighted by molar-refractivity contribution is 0.576. The lowest BCUT2D eigenvalue weighted by Crippen LogP contribution is -2.19. The number of benzene rings is 2. The van der Waals surface area contributed by atoms with Gasteiger partial charge in [0.25, 0.3) is 0 Å². The molecule has 0 radical (unpaired) electrons. The van der Waals surface area contributed by atoms with Crippen molar-refractivity contribution in [1.82, 2.24) is 10.3 Å². The van der Waals surface area contributed by atoms with Crippen LogP contribution in [0.2, 0.25) is 5.02 Å². The summed E-state index contributed by atoms with van der Waals surface area (Å²) in [5.41, 5.74) is 2.32. The highest BCUT2D eigenvalue weighted by Crippen LogP contribution is 2.31. The first-order chi connectivity index (χ1) is 10.2. The number of fused-ring (bicyclic) bond motifs is 1. The van der Waals surface area contributed by atoms with Crippen LogP contribution in [-0.2, 0) is 0 Å². The molecule has 2 aromatic carbocycles. The van der Waals surface area contributed by atoms with Crippen LogP contribution in [0.15, 0.2) is 54.7 Å². The number of pyridine rings is 1. The van der Waals surface area contributed by atoms with Crippen LogP contribution in [-0.4, -0.2) is 12.0 Å². The molecule has 0 saturated carbocycles. The first kappa shape index (κ1) is 14.0. The van der Waals surface area contributed by atoms with Gasteiger partial charge in [-0.2, -0.15) is 0 Å². The fourth-order valence-electron chi connectivity index (χ4n) is 2.54. The van der Waals surface area contributed by atoms with E-state index in [0.717, 1.165) is 16.5 Å². The van der Waals surface area contributed by atoms with Gasteiger partial charge in [0.1, 0.15) is 5.82 Å². The molecule has 0 fully saturated rings. The second kappa shape index (κ2) is 5.80. The molecule has 106 valence electrons. The Kier molecular flexibility index (Phi) is 3.86. The third-order valence-electron chi connectivity index (χ3n) is 3.54. The molecule has 1 unspecified atom stereocenters. The Morgan fingerprint density at radius 3 is 2.76 bits per heavy atom. The van der Waals surface area contributed by atoms with Gasteiger partial charge in [-0.15, -0.1) is 0 Å². The number of hydrogen-bond acceptors (Lipinski definition) is 2. The van der Waals surface area contributed by atoms with E-state index in [1.54, 1.807) is 25.4 Å². The minimum Gasteiger partial charge on any atom is -0.309 e. The van der Waals surface area contributed by atoms with E-state index in [2.05, 4.69) is 10.3 Å². The van der Waals surface area contributed by atoms with Gasteiger partial charge in [0.15, 0.2) is 0 Å². The van der Waals surface area contributed by atoms with Crippen LogP contribution in [0.1, 0.15) is 17.2 Å². The van der Waals surface area contributed by atoms with Gasteiger partial charge in [-0.3, -0.25) is 4.98 Å². The van der Waals surface area contributed by atoms with Crippen LogP contribution in [0, 0.1) is 5.82 Å².